The maximum atomic E-state index is 13.3. The first-order chi connectivity index (χ1) is 18.3. The number of rotatable bonds is 11. The molecule has 0 unspecified atom stereocenters. The van der Waals surface area contributed by atoms with Gasteiger partial charge in [-0.25, -0.2) is 4.79 Å². The molecule has 2 amide bonds. The van der Waals surface area contributed by atoms with Gasteiger partial charge in [0.2, 0.25) is 5.91 Å². The second kappa shape index (κ2) is 14.3. The highest BCUT2D eigenvalue weighted by Gasteiger charge is 2.24. The van der Waals surface area contributed by atoms with E-state index in [1.165, 1.54) is 7.11 Å². The van der Waals surface area contributed by atoms with Crippen LogP contribution in [0.2, 0.25) is 0 Å². The number of aryl methyl sites for hydroxylation is 1. The number of ether oxygens (including phenoxy) is 2. The molecule has 0 saturated carbocycles. The number of esters is 1. The van der Waals surface area contributed by atoms with Crippen LogP contribution < -0.4 is 10.6 Å². The number of carbonyl (C=O) groups is 3. The van der Waals surface area contributed by atoms with E-state index >= 15 is 0 Å². The smallest absolute Gasteiger partial charge is 0.337 e. The van der Waals surface area contributed by atoms with Crippen molar-refractivity contribution in [1.82, 2.24) is 10.6 Å². The van der Waals surface area contributed by atoms with Gasteiger partial charge >= 0.3 is 5.97 Å². The lowest BCUT2D eigenvalue weighted by atomic mass is 10.0. The van der Waals surface area contributed by atoms with E-state index < -0.39 is 24.0 Å². The SMILES string of the molecule is C#C[C@H](COCc1cccc(C(=O)OC)c1)NC(=O)[C@H](Cc1cccc(C)c1)NC(=O)c1cccc(I)c1. The molecule has 3 aromatic rings. The average molecular weight is 624 g/mol. The summed E-state index contributed by atoms with van der Waals surface area (Å²) in [6.07, 6.45) is 5.96. The average Bonchev–Trinajstić information content (AvgIpc) is 2.91. The van der Waals surface area contributed by atoms with Crippen LogP contribution in [0.25, 0.3) is 0 Å². The highest BCUT2D eigenvalue weighted by molar-refractivity contribution is 14.1. The molecule has 0 radical (unpaired) electrons. The number of halogens is 1. The van der Waals surface area contributed by atoms with E-state index in [-0.39, 0.29) is 19.1 Å². The summed E-state index contributed by atoms with van der Waals surface area (Å²) in [5.41, 5.74) is 3.60. The molecule has 0 aromatic heterocycles. The third-order valence-corrected chi connectivity index (χ3v) is 6.32. The van der Waals surface area contributed by atoms with Gasteiger partial charge in [0, 0.05) is 15.6 Å². The molecule has 0 spiro atoms. The van der Waals surface area contributed by atoms with Crippen molar-refractivity contribution in [2.75, 3.05) is 13.7 Å². The number of hydrogen-bond donors (Lipinski definition) is 2. The molecule has 7 nitrogen and oxygen atoms in total. The van der Waals surface area contributed by atoms with Crippen molar-refractivity contribution >= 4 is 40.4 Å². The van der Waals surface area contributed by atoms with E-state index in [2.05, 4.69) is 39.1 Å². The van der Waals surface area contributed by atoms with Gasteiger partial charge in [0.15, 0.2) is 0 Å². The van der Waals surface area contributed by atoms with Gasteiger partial charge in [-0.15, -0.1) is 6.42 Å². The fourth-order valence-electron chi connectivity index (χ4n) is 3.76. The number of hydrogen-bond acceptors (Lipinski definition) is 5. The molecule has 8 heteroatoms. The topological polar surface area (TPSA) is 93.7 Å². The van der Waals surface area contributed by atoms with Gasteiger partial charge in [-0.05, 0) is 71.0 Å². The summed E-state index contributed by atoms with van der Waals surface area (Å²) in [5, 5.41) is 5.66. The summed E-state index contributed by atoms with van der Waals surface area (Å²) < 4.78 is 11.4. The number of benzene rings is 3. The molecule has 0 aliphatic heterocycles. The minimum atomic E-state index is -0.852. The van der Waals surface area contributed by atoms with Crippen LogP contribution in [0.1, 0.15) is 37.4 Å². The fraction of sp³-hybridized carbons (Fsp3) is 0.233. The van der Waals surface area contributed by atoms with Crippen LogP contribution in [0, 0.1) is 22.8 Å². The molecular formula is C30H29IN2O5. The molecule has 0 bridgehead atoms. The fourth-order valence-corrected chi connectivity index (χ4v) is 4.30. The number of amides is 2. The Labute approximate surface area is 236 Å². The first kappa shape index (κ1) is 28.9. The van der Waals surface area contributed by atoms with E-state index in [0.717, 1.165) is 20.3 Å². The zero-order valence-corrected chi connectivity index (χ0v) is 23.4. The normalized spacial score (nSPS) is 12.1. The predicted molar refractivity (Wildman–Crippen MR) is 153 cm³/mol. The number of carbonyl (C=O) groups excluding carboxylic acids is 3. The van der Waals surface area contributed by atoms with Crippen LogP contribution in [0.4, 0.5) is 0 Å². The highest BCUT2D eigenvalue weighted by Crippen LogP contribution is 2.12. The second-order valence-corrected chi connectivity index (χ2v) is 9.91. The van der Waals surface area contributed by atoms with Gasteiger partial charge in [0.1, 0.15) is 12.1 Å². The maximum absolute atomic E-state index is 13.3. The molecule has 196 valence electrons. The molecule has 0 heterocycles. The van der Waals surface area contributed by atoms with Crippen molar-refractivity contribution in [2.24, 2.45) is 0 Å². The first-order valence-corrected chi connectivity index (χ1v) is 13.0. The third-order valence-electron chi connectivity index (χ3n) is 5.65. The third kappa shape index (κ3) is 8.71. The Kier molecular flexibility index (Phi) is 10.9. The molecule has 0 saturated heterocycles. The van der Waals surface area contributed by atoms with Gasteiger partial charge in [0.05, 0.1) is 25.9 Å². The Bertz CT molecular complexity index is 1330. The molecule has 0 aliphatic carbocycles. The van der Waals surface area contributed by atoms with Gasteiger partial charge in [0.25, 0.3) is 5.91 Å². The van der Waals surface area contributed by atoms with Crippen molar-refractivity contribution in [3.63, 3.8) is 0 Å². The van der Waals surface area contributed by atoms with E-state index in [1.807, 2.05) is 43.3 Å². The molecule has 3 rings (SSSR count). The number of terminal acetylenes is 1. The quantitative estimate of drug-likeness (QED) is 0.191. The molecule has 0 aliphatic rings. The van der Waals surface area contributed by atoms with Crippen molar-refractivity contribution in [3.8, 4) is 12.3 Å². The van der Waals surface area contributed by atoms with Crippen LogP contribution in [0.3, 0.4) is 0 Å². The van der Waals surface area contributed by atoms with E-state index in [9.17, 15) is 14.4 Å². The lowest BCUT2D eigenvalue weighted by Gasteiger charge is -2.21. The highest BCUT2D eigenvalue weighted by atomic mass is 127. The molecule has 38 heavy (non-hydrogen) atoms. The number of methoxy groups -OCH3 is 1. The Morgan fingerprint density at radius 1 is 0.947 bits per heavy atom. The van der Waals surface area contributed by atoms with Crippen LogP contribution in [-0.4, -0.2) is 43.6 Å². The number of nitrogens with one attached hydrogen (secondary N) is 2. The first-order valence-electron chi connectivity index (χ1n) is 11.9. The molecular weight excluding hydrogens is 595 g/mol. The predicted octanol–water partition coefficient (Wildman–Crippen LogP) is 4.06. The lowest BCUT2D eigenvalue weighted by Crippen LogP contribution is -2.51. The summed E-state index contributed by atoms with van der Waals surface area (Å²) in [6.45, 7) is 2.21. The monoisotopic (exact) mass is 624 g/mol. The Morgan fingerprint density at radius 2 is 1.66 bits per heavy atom. The summed E-state index contributed by atoms with van der Waals surface area (Å²) >= 11 is 2.13. The lowest BCUT2D eigenvalue weighted by molar-refractivity contribution is -0.123. The molecule has 3 aromatic carbocycles. The Morgan fingerprint density at radius 3 is 2.37 bits per heavy atom. The zero-order valence-electron chi connectivity index (χ0n) is 21.2. The minimum Gasteiger partial charge on any atom is -0.465 e. The van der Waals surface area contributed by atoms with E-state index in [4.69, 9.17) is 15.9 Å². The van der Waals surface area contributed by atoms with Gasteiger partial charge < -0.3 is 20.1 Å². The van der Waals surface area contributed by atoms with E-state index in [0.29, 0.717) is 17.5 Å². The summed E-state index contributed by atoms with van der Waals surface area (Å²) in [4.78, 5) is 38.0. The van der Waals surface area contributed by atoms with Gasteiger partial charge in [-0.3, -0.25) is 9.59 Å². The van der Waals surface area contributed by atoms with Crippen molar-refractivity contribution in [3.05, 3.63) is 104 Å². The van der Waals surface area contributed by atoms with Gasteiger partial charge in [-0.2, -0.15) is 0 Å². The van der Waals surface area contributed by atoms with Crippen LogP contribution in [0.5, 0.6) is 0 Å². The summed E-state index contributed by atoms with van der Waals surface area (Å²) in [7, 11) is 1.32. The van der Waals surface area contributed by atoms with Gasteiger partial charge in [-0.1, -0.05) is 53.9 Å². The Balaban J connectivity index is 1.66. The van der Waals surface area contributed by atoms with Crippen LogP contribution in [0.15, 0.2) is 72.8 Å². The van der Waals surface area contributed by atoms with Crippen molar-refractivity contribution in [1.29, 1.82) is 0 Å². The minimum absolute atomic E-state index is 0.0483. The molecule has 2 N–H and O–H groups in total. The largest absolute Gasteiger partial charge is 0.465 e. The summed E-state index contributed by atoms with van der Waals surface area (Å²) in [5.74, 6) is 1.33. The second-order valence-electron chi connectivity index (χ2n) is 8.66. The molecule has 0 fully saturated rings. The standard InChI is InChI=1S/C30H29IN2O5/c1-4-26(19-38-18-22-10-6-12-24(15-22)30(36)37-3)32-29(35)27(16-21-9-5-8-20(2)14-21)33-28(34)23-11-7-13-25(31)17-23/h1,5-15,17,26-27H,16,18-19H2,2-3H3,(H,32,35)(H,33,34)/t26-,27+/m1/s1. The summed E-state index contributed by atoms with van der Waals surface area (Å²) in [6, 6.07) is 20.2. The van der Waals surface area contributed by atoms with E-state index in [1.54, 1.807) is 36.4 Å². The maximum Gasteiger partial charge on any atom is 0.337 e. The van der Waals surface area contributed by atoms with Crippen LogP contribution in [-0.2, 0) is 27.3 Å². The Hall–Kier alpha value is -3.68. The molecule has 2 atom stereocenters. The zero-order chi connectivity index (χ0) is 27.5. The van der Waals surface area contributed by atoms with Crippen LogP contribution >= 0.6 is 22.6 Å². The van der Waals surface area contributed by atoms with Crippen molar-refractivity contribution < 1.29 is 23.9 Å². The van der Waals surface area contributed by atoms with Crippen molar-refractivity contribution in [2.45, 2.75) is 32.0 Å².